The molecular formula is C27H20ClFN4S. The second-order valence-corrected chi connectivity index (χ2v) is 8.76. The average molecular weight is 487 g/mol. The molecule has 168 valence electrons. The molecule has 0 amide bonds. The number of rotatable bonds is 6. The molecule has 0 bridgehead atoms. The Morgan fingerprint density at radius 3 is 2.59 bits per heavy atom. The number of benzene rings is 3. The van der Waals surface area contributed by atoms with Crippen LogP contribution in [0.1, 0.15) is 41.4 Å². The van der Waals surface area contributed by atoms with Crippen LogP contribution in [0.15, 0.2) is 72.4 Å². The molecule has 3 aromatic carbocycles. The topological polar surface area (TPSA) is 54.5 Å². The molecule has 0 spiro atoms. The summed E-state index contributed by atoms with van der Waals surface area (Å²) in [6, 6.07) is 19.1. The highest BCUT2D eigenvalue weighted by molar-refractivity contribution is 7.03. The number of halogens is 2. The van der Waals surface area contributed by atoms with E-state index in [2.05, 4.69) is 62.9 Å². The van der Waals surface area contributed by atoms with Gasteiger partial charge in [0.25, 0.3) is 0 Å². The Morgan fingerprint density at radius 1 is 1.03 bits per heavy atom. The molecule has 5 rings (SSSR count). The smallest absolute Gasteiger partial charge is 0.165 e. The van der Waals surface area contributed by atoms with Crippen molar-refractivity contribution in [2.24, 2.45) is 0 Å². The summed E-state index contributed by atoms with van der Waals surface area (Å²) < 4.78 is 18.0. The molecular weight excluding hydrogens is 467 g/mol. The van der Waals surface area contributed by atoms with Crippen molar-refractivity contribution in [1.29, 1.82) is 0 Å². The predicted octanol–water partition coefficient (Wildman–Crippen LogP) is 7.75. The van der Waals surface area contributed by atoms with Gasteiger partial charge < -0.3 is 0 Å². The van der Waals surface area contributed by atoms with Crippen molar-refractivity contribution in [3.8, 4) is 0 Å². The van der Waals surface area contributed by atoms with Crippen LogP contribution in [0.2, 0.25) is 5.02 Å². The summed E-state index contributed by atoms with van der Waals surface area (Å²) in [5.74, 6) is 0.346. The largest absolute Gasteiger partial charge is 0.278 e. The first kappa shape index (κ1) is 22.2. The third-order valence-corrected chi connectivity index (χ3v) is 6.45. The Morgan fingerprint density at radius 2 is 1.85 bits per heavy atom. The molecule has 5 aromatic rings. The zero-order valence-corrected chi connectivity index (χ0v) is 19.9. The zero-order chi connectivity index (χ0) is 23.5. The summed E-state index contributed by atoms with van der Waals surface area (Å²) in [5, 5.41) is 8.57. The van der Waals surface area contributed by atoms with E-state index in [9.17, 15) is 4.39 Å². The first-order chi connectivity index (χ1) is 16.6. The second-order valence-electron chi connectivity index (χ2n) is 7.75. The summed E-state index contributed by atoms with van der Waals surface area (Å²) in [6.07, 6.45) is 6.42. The third-order valence-electron chi connectivity index (χ3n) is 5.64. The van der Waals surface area contributed by atoms with Gasteiger partial charge in [-0.05, 0) is 81.7 Å². The minimum atomic E-state index is -0.351. The van der Waals surface area contributed by atoms with Crippen LogP contribution < -0.4 is 0 Å². The van der Waals surface area contributed by atoms with Crippen LogP contribution in [0.5, 0.6) is 0 Å². The van der Waals surface area contributed by atoms with Crippen molar-refractivity contribution in [1.82, 2.24) is 19.6 Å². The van der Waals surface area contributed by atoms with Gasteiger partial charge in [0.1, 0.15) is 11.3 Å². The SMILES string of the molecule is CC/C(=C(/c1ccc(/C=C/c2ncsn2)cc1)c1ccc2[nH]ncc2c1)c1ccc(F)cc1Cl. The van der Waals surface area contributed by atoms with Crippen LogP contribution in [0, 0.1) is 5.82 Å². The van der Waals surface area contributed by atoms with Gasteiger partial charge in [0.2, 0.25) is 0 Å². The van der Waals surface area contributed by atoms with Gasteiger partial charge in [-0.15, -0.1) is 0 Å². The summed E-state index contributed by atoms with van der Waals surface area (Å²) in [6.45, 7) is 2.09. The van der Waals surface area contributed by atoms with Gasteiger partial charge in [-0.25, -0.2) is 9.37 Å². The molecule has 0 atom stereocenters. The number of hydrogen-bond acceptors (Lipinski definition) is 4. The van der Waals surface area contributed by atoms with E-state index in [1.165, 1.54) is 23.7 Å². The highest BCUT2D eigenvalue weighted by Gasteiger charge is 2.16. The Kier molecular flexibility index (Phi) is 6.34. The Hall–Kier alpha value is -3.61. The maximum absolute atomic E-state index is 13.8. The second kappa shape index (κ2) is 9.71. The molecule has 4 nitrogen and oxygen atoms in total. The van der Waals surface area contributed by atoms with Gasteiger partial charge in [-0.1, -0.05) is 61.0 Å². The van der Waals surface area contributed by atoms with E-state index >= 15 is 0 Å². The maximum Gasteiger partial charge on any atom is 0.165 e. The summed E-state index contributed by atoms with van der Waals surface area (Å²) >= 11 is 7.83. The number of fused-ring (bicyclic) bond motifs is 1. The third kappa shape index (κ3) is 4.55. The van der Waals surface area contributed by atoms with Gasteiger partial charge in [-0.2, -0.15) is 9.47 Å². The summed E-state index contributed by atoms with van der Waals surface area (Å²) in [5.41, 5.74) is 8.73. The highest BCUT2D eigenvalue weighted by Crippen LogP contribution is 2.38. The monoisotopic (exact) mass is 486 g/mol. The Bertz CT molecular complexity index is 1500. The molecule has 0 radical (unpaired) electrons. The highest BCUT2D eigenvalue weighted by atomic mass is 35.5. The fourth-order valence-corrected chi connectivity index (χ4v) is 4.73. The lowest BCUT2D eigenvalue weighted by molar-refractivity contribution is 0.628. The van der Waals surface area contributed by atoms with Crippen molar-refractivity contribution in [2.75, 3.05) is 0 Å². The van der Waals surface area contributed by atoms with E-state index in [1.54, 1.807) is 11.6 Å². The van der Waals surface area contributed by atoms with E-state index in [0.717, 1.165) is 50.7 Å². The number of nitrogens with one attached hydrogen (secondary N) is 1. The van der Waals surface area contributed by atoms with Crippen LogP contribution in [0.3, 0.4) is 0 Å². The normalized spacial score (nSPS) is 12.4. The van der Waals surface area contributed by atoms with E-state index in [-0.39, 0.29) is 5.82 Å². The van der Waals surface area contributed by atoms with Gasteiger partial charge >= 0.3 is 0 Å². The molecule has 0 aliphatic heterocycles. The Balaban J connectivity index is 1.65. The van der Waals surface area contributed by atoms with Gasteiger partial charge in [0.05, 0.1) is 16.7 Å². The number of nitrogens with zero attached hydrogens (tertiary/aromatic N) is 3. The van der Waals surface area contributed by atoms with Crippen molar-refractivity contribution < 1.29 is 4.39 Å². The molecule has 1 N–H and O–H groups in total. The first-order valence-electron chi connectivity index (χ1n) is 10.8. The lowest BCUT2D eigenvalue weighted by atomic mass is 9.87. The molecule has 0 unspecified atom stereocenters. The standard InChI is InChI=1S/C27H20ClFN4S/c1-2-22(23-10-9-21(29)14-24(23)28)27(19-8-11-25-20(13-19)15-31-32-25)18-6-3-17(4-7-18)5-12-26-30-16-34-33-26/h3-16H,2H2,1H3,(H,31,32)/b12-5+,27-22+. The predicted molar refractivity (Wildman–Crippen MR) is 139 cm³/mol. The van der Waals surface area contributed by atoms with Crippen LogP contribution >= 0.6 is 23.1 Å². The number of allylic oxidation sites excluding steroid dienone is 1. The molecule has 0 fully saturated rings. The van der Waals surface area contributed by atoms with E-state index in [1.807, 2.05) is 24.4 Å². The lowest BCUT2D eigenvalue weighted by Crippen LogP contribution is -1.96. The molecule has 7 heteroatoms. The van der Waals surface area contributed by atoms with Crippen molar-refractivity contribution >= 4 is 57.3 Å². The fourth-order valence-electron chi connectivity index (χ4n) is 4.03. The first-order valence-corrected chi connectivity index (χ1v) is 12.0. The van der Waals surface area contributed by atoms with Crippen molar-refractivity contribution in [2.45, 2.75) is 13.3 Å². The molecule has 2 aromatic heterocycles. The maximum atomic E-state index is 13.8. The zero-order valence-electron chi connectivity index (χ0n) is 18.3. The van der Waals surface area contributed by atoms with Crippen molar-refractivity contribution in [3.63, 3.8) is 0 Å². The van der Waals surface area contributed by atoms with E-state index in [0.29, 0.717) is 10.8 Å². The Labute approximate surface area is 205 Å². The minimum Gasteiger partial charge on any atom is -0.278 e. The fraction of sp³-hybridized carbons (Fsp3) is 0.0741. The number of aromatic amines is 1. The van der Waals surface area contributed by atoms with E-state index < -0.39 is 0 Å². The number of H-pyrrole nitrogens is 1. The van der Waals surface area contributed by atoms with Gasteiger partial charge in [0.15, 0.2) is 5.82 Å². The van der Waals surface area contributed by atoms with Gasteiger partial charge in [0, 0.05) is 5.39 Å². The van der Waals surface area contributed by atoms with Crippen LogP contribution in [-0.2, 0) is 0 Å². The molecule has 0 saturated heterocycles. The minimum absolute atomic E-state index is 0.351. The van der Waals surface area contributed by atoms with Crippen LogP contribution in [0.4, 0.5) is 4.39 Å². The lowest BCUT2D eigenvalue weighted by Gasteiger charge is -2.18. The molecule has 34 heavy (non-hydrogen) atoms. The van der Waals surface area contributed by atoms with Crippen LogP contribution in [-0.4, -0.2) is 19.6 Å². The molecule has 0 aliphatic carbocycles. The molecule has 0 aliphatic rings. The quantitative estimate of drug-likeness (QED) is 0.250. The summed E-state index contributed by atoms with van der Waals surface area (Å²) in [4.78, 5) is 4.19. The number of hydrogen-bond donors (Lipinski definition) is 1. The van der Waals surface area contributed by atoms with Crippen LogP contribution in [0.25, 0.3) is 34.2 Å². The summed E-state index contributed by atoms with van der Waals surface area (Å²) in [7, 11) is 0. The van der Waals surface area contributed by atoms with Crippen molar-refractivity contribution in [3.05, 3.63) is 111 Å². The molecule has 2 heterocycles. The van der Waals surface area contributed by atoms with E-state index in [4.69, 9.17) is 11.6 Å². The molecule has 0 saturated carbocycles. The van der Waals surface area contributed by atoms with Gasteiger partial charge in [-0.3, -0.25) is 5.10 Å². The average Bonchev–Trinajstić information content (AvgIpc) is 3.54. The number of aromatic nitrogens is 4.